The number of sulfone groups is 1. The zero-order chi connectivity index (χ0) is 15.3. The van der Waals surface area contributed by atoms with E-state index >= 15 is 0 Å². The first-order chi connectivity index (χ1) is 9.94. The molecule has 4 nitrogen and oxygen atoms in total. The van der Waals surface area contributed by atoms with Crippen molar-refractivity contribution >= 4 is 9.84 Å². The van der Waals surface area contributed by atoms with Gasteiger partial charge < -0.3 is 5.32 Å². The largest absolute Gasteiger partial charge is 0.310 e. The molecule has 1 aromatic rings. The molecule has 2 rings (SSSR count). The standard InChI is InChI=1S/C16H26N2O2S/c1-14(2)17-12-15-5-3-6-16(11-15)13-18-7-4-9-21(19,20)10-8-18/h3,5-6,11,14,17H,4,7-10,12-13H2,1-2H3. The molecule has 118 valence electrons. The van der Waals surface area contributed by atoms with Gasteiger partial charge in [0.1, 0.15) is 0 Å². The van der Waals surface area contributed by atoms with Gasteiger partial charge in [0.15, 0.2) is 9.84 Å². The summed E-state index contributed by atoms with van der Waals surface area (Å²) in [6, 6.07) is 9.03. The molecule has 0 amide bonds. The van der Waals surface area contributed by atoms with Crippen molar-refractivity contribution in [1.29, 1.82) is 0 Å². The van der Waals surface area contributed by atoms with Gasteiger partial charge in [0.2, 0.25) is 0 Å². The molecule has 0 aromatic heterocycles. The van der Waals surface area contributed by atoms with E-state index in [1.165, 1.54) is 11.1 Å². The minimum Gasteiger partial charge on any atom is -0.310 e. The molecule has 1 aliphatic rings. The summed E-state index contributed by atoms with van der Waals surface area (Å²) in [5.74, 6) is 0.628. The first-order valence-corrected chi connectivity index (χ1v) is 9.51. The van der Waals surface area contributed by atoms with Crippen molar-refractivity contribution in [2.75, 3.05) is 24.6 Å². The average molecular weight is 310 g/mol. The van der Waals surface area contributed by atoms with E-state index in [2.05, 4.69) is 48.3 Å². The molecule has 1 saturated heterocycles. The lowest BCUT2D eigenvalue weighted by atomic mass is 10.1. The monoisotopic (exact) mass is 310 g/mol. The van der Waals surface area contributed by atoms with E-state index in [1.807, 2.05) is 0 Å². The molecule has 0 saturated carbocycles. The molecule has 1 aliphatic heterocycles. The Morgan fingerprint density at radius 2 is 1.95 bits per heavy atom. The van der Waals surface area contributed by atoms with Crippen molar-refractivity contribution in [2.24, 2.45) is 0 Å². The highest BCUT2D eigenvalue weighted by molar-refractivity contribution is 7.91. The molecule has 5 heteroatoms. The van der Waals surface area contributed by atoms with E-state index in [1.54, 1.807) is 0 Å². The van der Waals surface area contributed by atoms with Crippen LogP contribution in [-0.4, -0.2) is 44.0 Å². The Bertz CT molecular complexity index is 555. The smallest absolute Gasteiger partial charge is 0.151 e. The van der Waals surface area contributed by atoms with Gasteiger partial charge in [-0.2, -0.15) is 0 Å². The van der Waals surface area contributed by atoms with E-state index in [9.17, 15) is 8.42 Å². The van der Waals surface area contributed by atoms with Crippen molar-refractivity contribution in [3.63, 3.8) is 0 Å². The number of nitrogens with zero attached hydrogens (tertiary/aromatic N) is 1. The number of nitrogens with one attached hydrogen (secondary N) is 1. The van der Waals surface area contributed by atoms with Crippen LogP contribution in [0.5, 0.6) is 0 Å². The van der Waals surface area contributed by atoms with Crippen molar-refractivity contribution in [1.82, 2.24) is 10.2 Å². The van der Waals surface area contributed by atoms with Gasteiger partial charge in [0, 0.05) is 25.7 Å². The lowest BCUT2D eigenvalue weighted by molar-refractivity contribution is 0.287. The molecule has 1 N–H and O–H groups in total. The van der Waals surface area contributed by atoms with Crippen molar-refractivity contribution < 1.29 is 8.42 Å². The second-order valence-electron chi connectivity index (χ2n) is 6.14. The summed E-state index contributed by atoms with van der Waals surface area (Å²) >= 11 is 0. The highest BCUT2D eigenvalue weighted by atomic mass is 32.2. The fourth-order valence-corrected chi connectivity index (χ4v) is 3.88. The summed E-state index contributed by atoms with van der Waals surface area (Å²) < 4.78 is 23.3. The SMILES string of the molecule is CC(C)NCc1cccc(CN2CCCS(=O)(=O)CC2)c1. The fraction of sp³-hybridized carbons (Fsp3) is 0.625. The van der Waals surface area contributed by atoms with Crippen LogP contribution in [0.1, 0.15) is 31.4 Å². The Morgan fingerprint density at radius 3 is 2.71 bits per heavy atom. The average Bonchev–Trinajstić information content (AvgIpc) is 2.58. The lowest BCUT2D eigenvalue weighted by Gasteiger charge is -2.19. The molecular weight excluding hydrogens is 284 g/mol. The third-order valence-electron chi connectivity index (χ3n) is 3.76. The molecule has 0 radical (unpaired) electrons. The van der Waals surface area contributed by atoms with Crippen LogP contribution in [0.15, 0.2) is 24.3 Å². The highest BCUT2D eigenvalue weighted by Crippen LogP contribution is 2.12. The maximum atomic E-state index is 11.6. The minimum atomic E-state index is -2.82. The van der Waals surface area contributed by atoms with Crippen LogP contribution in [0.25, 0.3) is 0 Å². The van der Waals surface area contributed by atoms with E-state index in [-0.39, 0.29) is 0 Å². The first-order valence-electron chi connectivity index (χ1n) is 7.68. The van der Waals surface area contributed by atoms with Crippen LogP contribution in [-0.2, 0) is 22.9 Å². The molecule has 0 unspecified atom stereocenters. The number of benzene rings is 1. The van der Waals surface area contributed by atoms with Gasteiger partial charge in [-0.05, 0) is 24.1 Å². The lowest BCUT2D eigenvalue weighted by Crippen LogP contribution is -2.26. The summed E-state index contributed by atoms with van der Waals surface area (Å²) in [5, 5.41) is 3.42. The normalized spacial score (nSPS) is 19.6. The van der Waals surface area contributed by atoms with Crippen molar-refractivity contribution in [2.45, 2.75) is 39.4 Å². The third-order valence-corrected chi connectivity index (χ3v) is 5.48. The molecule has 1 aromatic carbocycles. The molecule has 0 atom stereocenters. The maximum Gasteiger partial charge on any atom is 0.151 e. The van der Waals surface area contributed by atoms with Gasteiger partial charge in [-0.15, -0.1) is 0 Å². The second-order valence-corrected chi connectivity index (χ2v) is 8.44. The number of hydrogen-bond donors (Lipinski definition) is 1. The van der Waals surface area contributed by atoms with Crippen LogP contribution in [0.4, 0.5) is 0 Å². The second kappa shape index (κ2) is 7.38. The third kappa shape index (κ3) is 5.77. The highest BCUT2D eigenvalue weighted by Gasteiger charge is 2.19. The van der Waals surface area contributed by atoms with Gasteiger partial charge in [-0.25, -0.2) is 8.42 Å². The minimum absolute atomic E-state index is 0.293. The summed E-state index contributed by atoms with van der Waals surface area (Å²) in [7, 11) is -2.82. The Morgan fingerprint density at radius 1 is 1.19 bits per heavy atom. The molecule has 0 spiro atoms. The molecule has 21 heavy (non-hydrogen) atoms. The topological polar surface area (TPSA) is 49.4 Å². The van der Waals surface area contributed by atoms with Crippen LogP contribution in [0, 0.1) is 0 Å². The van der Waals surface area contributed by atoms with Gasteiger partial charge >= 0.3 is 0 Å². The van der Waals surface area contributed by atoms with Gasteiger partial charge in [-0.3, -0.25) is 4.90 Å². The molecule has 1 fully saturated rings. The quantitative estimate of drug-likeness (QED) is 0.901. The summed E-state index contributed by atoms with van der Waals surface area (Å²) in [5.41, 5.74) is 2.54. The summed E-state index contributed by atoms with van der Waals surface area (Å²) in [6.07, 6.45) is 0.747. The van der Waals surface area contributed by atoms with Gasteiger partial charge in [0.25, 0.3) is 0 Å². The van der Waals surface area contributed by atoms with Crippen LogP contribution >= 0.6 is 0 Å². The Labute approximate surface area is 128 Å². The molecular formula is C16H26N2O2S. The van der Waals surface area contributed by atoms with Crippen molar-refractivity contribution in [3.8, 4) is 0 Å². The molecule has 0 aliphatic carbocycles. The van der Waals surface area contributed by atoms with E-state index in [0.29, 0.717) is 24.1 Å². The predicted molar refractivity (Wildman–Crippen MR) is 87.0 cm³/mol. The van der Waals surface area contributed by atoms with Crippen molar-refractivity contribution in [3.05, 3.63) is 35.4 Å². The van der Waals surface area contributed by atoms with Gasteiger partial charge in [-0.1, -0.05) is 38.1 Å². The Hall–Kier alpha value is -0.910. The Balaban J connectivity index is 1.94. The molecule has 1 heterocycles. The fourth-order valence-electron chi connectivity index (χ4n) is 2.57. The van der Waals surface area contributed by atoms with Gasteiger partial charge in [0.05, 0.1) is 11.5 Å². The Kier molecular flexibility index (Phi) is 5.79. The van der Waals surface area contributed by atoms with E-state index in [0.717, 1.165) is 26.1 Å². The number of rotatable bonds is 5. The van der Waals surface area contributed by atoms with Crippen LogP contribution in [0.3, 0.4) is 0 Å². The number of hydrogen-bond acceptors (Lipinski definition) is 4. The summed E-state index contributed by atoms with van der Waals surface area (Å²) in [4.78, 5) is 2.25. The first kappa shape index (κ1) is 16.5. The van der Waals surface area contributed by atoms with Crippen LogP contribution in [0.2, 0.25) is 0 Å². The zero-order valence-electron chi connectivity index (χ0n) is 13.0. The van der Waals surface area contributed by atoms with E-state index in [4.69, 9.17) is 0 Å². The van der Waals surface area contributed by atoms with E-state index < -0.39 is 9.84 Å². The predicted octanol–water partition coefficient (Wildman–Crippen LogP) is 1.81. The van der Waals surface area contributed by atoms with Crippen LogP contribution < -0.4 is 5.32 Å². The summed E-state index contributed by atoms with van der Waals surface area (Å²) in [6.45, 7) is 7.51. The maximum absolute atomic E-state index is 11.6. The zero-order valence-corrected chi connectivity index (χ0v) is 13.8. The molecule has 0 bridgehead atoms.